The Morgan fingerprint density at radius 1 is 1.29 bits per heavy atom. The maximum absolute atomic E-state index is 11.0. The SMILES string of the molecule is N#Cc1ccc(Cl)cc1-n1cnc2cc(C(=O)O)ccc21. The molecule has 1 N–H and O–H groups in total. The molecule has 0 atom stereocenters. The third kappa shape index (κ3) is 2.22. The van der Waals surface area contributed by atoms with Crippen molar-refractivity contribution < 1.29 is 9.90 Å². The predicted octanol–water partition coefficient (Wildman–Crippen LogP) is 3.25. The van der Waals surface area contributed by atoms with Gasteiger partial charge in [-0.1, -0.05) is 11.6 Å². The molecule has 3 aromatic rings. The molecule has 0 fully saturated rings. The number of fused-ring (bicyclic) bond motifs is 1. The summed E-state index contributed by atoms with van der Waals surface area (Å²) >= 11 is 5.99. The van der Waals surface area contributed by atoms with E-state index in [1.54, 1.807) is 35.2 Å². The van der Waals surface area contributed by atoms with Crippen LogP contribution in [0, 0.1) is 11.3 Å². The third-order valence-corrected chi connectivity index (χ3v) is 3.37. The van der Waals surface area contributed by atoms with Crippen LogP contribution in [0.3, 0.4) is 0 Å². The minimum absolute atomic E-state index is 0.166. The molecule has 0 aliphatic carbocycles. The minimum atomic E-state index is -1.01. The number of aromatic nitrogens is 2. The lowest BCUT2D eigenvalue weighted by Gasteiger charge is -2.07. The normalized spacial score (nSPS) is 10.5. The lowest BCUT2D eigenvalue weighted by molar-refractivity contribution is 0.0697. The predicted molar refractivity (Wildman–Crippen MR) is 77.8 cm³/mol. The van der Waals surface area contributed by atoms with Crippen molar-refractivity contribution in [2.24, 2.45) is 0 Å². The zero-order chi connectivity index (χ0) is 15.0. The van der Waals surface area contributed by atoms with Crippen LogP contribution in [-0.4, -0.2) is 20.6 Å². The molecular formula is C15H8ClN3O2. The summed E-state index contributed by atoms with van der Waals surface area (Å²) in [5, 5.41) is 18.7. The molecule has 0 unspecified atom stereocenters. The summed E-state index contributed by atoms with van der Waals surface area (Å²) in [5.41, 5.74) is 2.48. The van der Waals surface area contributed by atoms with Crippen LogP contribution in [0.4, 0.5) is 0 Å². The minimum Gasteiger partial charge on any atom is -0.478 e. The fourth-order valence-electron chi connectivity index (χ4n) is 2.14. The van der Waals surface area contributed by atoms with Crippen LogP contribution in [-0.2, 0) is 0 Å². The van der Waals surface area contributed by atoms with Gasteiger partial charge in [-0.15, -0.1) is 0 Å². The Morgan fingerprint density at radius 2 is 2.10 bits per heavy atom. The molecule has 1 aromatic heterocycles. The summed E-state index contributed by atoms with van der Waals surface area (Å²) in [6.45, 7) is 0. The summed E-state index contributed by atoms with van der Waals surface area (Å²) in [7, 11) is 0. The average molecular weight is 298 g/mol. The second kappa shape index (κ2) is 4.93. The highest BCUT2D eigenvalue weighted by Crippen LogP contribution is 2.24. The molecule has 102 valence electrons. The maximum atomic E-state index is 11.0. The Hall–Kier alpha value is -2.84. The Kier molecular flexibility index (Phi) is 3.09. The van der Waals surface area contributed by atoms with Crippen molar-refractivity contribution in [1.82, 2.24) is 9.55 Å². The zero-order valence-electron chi connectivity index (χ0n) is 10.6. The molecule has 0 bridgehead atoms. The number of hydrogen-bond donors (Lipinski definition) is 1. The van der Waals surface area contributed by atoms with Gasteiger partial charge in [-0.25, -0.2) is 9.78 Å². The molecule has 3 rings (SSSR count). The Labute approximate surface area is 124 Å². The highest BCUT2D eigenvalue weighted by Gasteiger charge is 2.11. The molecule has 0 spiro atoms. The number of nitriles is 1. The molecule has 0 aliphatic heterocycles. The molecule has 0 radical (unpaired) electrons. The number of rotatable bonds is 2. The molecule has 1 heterocycles. The lowest BCUT2D eigenvalue weighted by atomic mass is 10.1. The van der Waals surface area contributed by atoms with Crippen LogP contribution >= 0.6 is 11.6 Å². The summed E-state index contributed by atoms with van der Waals surface area (Å²) in [4.78, 5) is 15.2. The van der Waals surface area contributed by atoms with Crippen LogP contribution in [0.25, 0.3) is 16.7 Å². The first-order valence-corrected chi connectivity index (χ1v) is 6.38. The van der Waals surface area contributed by atoms with E-state index >= 15 is 0 Å². The van der Waals surface area contributed by atoms with E-state index in [-0.39, 0.29) is 5.56 Å². The van der Waals surface area contributed by atoms with E-state index in [1.165, 1.54) is 12.1 Å². The van der Waals surface area contributed by atoms with Gasteiger partial charge in [0.25, 0.3) is 0 Å². The van der Waals surface area contributed by atoms with Gasteiger partial charge in [0.15, 0.2) is 0 Å². The van der Waals surface area contributed by atoms with Gasteiger partial charge in [-0.05, 0) is 36.4 Å². The Bertz CT molecular complexity index is 909. The van der Waals surface area contributed by atoms with Gasteiger partial charge >= 0.3 is 5.97 Å². The molecule has 0 aliphatic rings. The average Bonchev–Trinajstić information content (AvgIpc) is 2.89. The topological polar surface area (TPSA) is 78.9 Å². The van der Waals surface area contributed by atoms with Crippen LogP contribution in [0.1, 0.15) is 15.9 Å². The van der Waals surface area contributed by atoms with Crippen LogP contribution in [0.5, 0.6) is 0 Å². The standard InChI is InChI=1S/C15H8ClN3O2/c16-11-3-1-10(7-17)14(6-11)19-8-18-12-5-9(15(20)21)2-4-13(12)19/h1-6,8H,(H,20,21). The summed E-state index contributed by atoms with van der Waals surface area (Å²) < 4.78 is 1.71. The van der Waals surface area contributed by atoms with Crippen molar-refractivity contribution in [3.63, 3.8) is 0 Å². The largest absolute Gasteiger partial charge is 0.478 e. The fraction of sp³-hybridized carbons (Fsp3) is 0. The number of aromatic carboxylic acids is 1. The first-order valence-electron chi connectivity index (χ1n) is 6.00. The second-order valence-electron chi connectivity index (χ2n) is 4.40. The van der Waals surface area contributed by atoms with E-state index in [0.29, 0.717) is 27.3 Å². The van der Waals surface area contributed by atoms with Crippen molar-refractivity contribution in [3.8, 4) is 11.8 Å². The van der Waals surface area contributed by atoms with E-state index in [4.69, 9.17) is 16.7 Å². The summed E-state index contributed by atoms with van der Waals surface area (Å²) in [5.74, 6) is -1.01. The van der Waals surface area contributed by atoms with Crippen molar-refractivity contribution in [2.75, 3.05) is 0 Å². The van der Waals surface area contributed by atoms with E-state index in [1.807, 2.05) is 0 Å². The van der Waals surface area contributed by atoms with E-state index in [0.717, 1.165) is 0 Å². The van der Waals surface area contributed by atoms with Gasteiger partial charge in [-0.3, -0.25) is 4.57 Å². The number of nitrogens with zero attached hydrogens (tertiary/aromatic N) is 3. The monoisotopic (exact) mass is 297 g/mol. The number of imidazole rings is 1. The van der Waals surface area contributed by atoms with Gasteiger partial charge in [0.2, 0.25) is 0 Å². The van der Waals surface area contributed by atoms with Crippen molar-refractivity contribution in [1.29, 1.82) is 5.26 Å². The first-order chi connectivity index (χ1) is 10.1. The summed E-state index contributed by atoms with van der Waals surface area (Å²) in [6, 6.07) is 11.7. The molecule has 21 heavy (non-hydrogen) atoms. The van der Waals surface area contributed by atoms with Gasteiger partial charge in [0.05, 0.1) is 27.8 Å². The van der Waals surface area contributed by atoms with Crippen molar-refractivity contribution in [3.05, 3.63) is 58.9 Å². The molecule has 5 nitrogen and oxygen atoms in total. The summed E-state index contributed by atoms with van der Waals surface area (Å²) in [6.07, 6.45) is 1.54. The quantitative estimate of drug-likeness (QED) is 0.787. The molecule has 0 saturated carbocycles. The van der Waals surface area contributed by atoms with Crippen LogP contribution in [0.15, 0.2) is 42.7 Å². The van der Waals surface area contributed by atoms with Gasteiger partial charge in [-0.2, -0.15) is 5.26 Å². The second-order valence-corrected chi connectivity index (χ2v) is 4.83. The van der Waals surface area contributed by atoms with E-state index < -0.39 is 5.97 Å². The number of carboxylic acids is 1. The van der Waals surface area contributed by atoms with Crippen molar-refractivity contribution >= 4 is 28.6 Å². The van der Waals surface area contributed by atoms with Crippen molar-refractivity contribution in [2.45, 2.75) is 0 Å². The van der Waals surface area contributed by atoms with Gasteiger partial charge < -0.3 is 5.11 Å². The highest BCUT2D eigenvalue weighted by atomic mass is 35.5. The molecular weight excluding hydrogens is 290 g/mol. The Morgan fingerprint density at radius 3 is 2.81 bits per heavy atom. The van der Waals surface area contributed by atoms with Gasteiger partial charge in [0.1, 0.15) is 12.4 Å². The number of hydrogen-bond acceptors (Lipinski definition) is 3. The molecule has 0 saturated heterocycles. The van der Waals surface area contributed by atoms with Crippen LogP contribution < -0.4 is 0 Å². The molecule has 6 heteroatoms. The number of carboxylic acid groups (broad SMARTS) is 1. The third-order valence-electron chi connectivity index (χ3n) is 3.13. The first kappa shape index (κ1) is 13.2. The lowest BCUT2D eigenvalue weighted by Crippen LogP contribution is -1.98. The van der Waals surface area contributed by atoms with E-state index in [2.05, 4.69) is 11.1 Å². The number of benzene rings is 2. The van der Waals surface area contributed by atoms with E-state index in [9.17, 15) is 10.1 Å². The smallest absolute Gasteiger partial charge is 0.335 e. The fourth-order valence-corrected chi connectivity index (χ4v) is 2.30. The highest BCUT2D eigenvalue weighted by molar-refractivity contribution is 6.30. The molecule has 0 amide bonds. The number of halogens is 1. The molecule has 2 aromatic carbocycles. The van der Waals surface area contributed by atoms with Gasteiger partial charge in [0, 0.05) is 5.02 Å². The maximum Gasteiger partial charge on any atom is 0.335 e. The zero-order valence-corrected chi connectivity index (χ0v) is 11.4. The Balaban J connectivity index is 2.25. The van der Waals surface area contributed by atoms with Crippen LogP contribution in [0.2, 0.25) is 5.02 Å². The number of carbonyl (C=O) groups is 1.